The van der Waals surface area contributed by atoms with Gasteiger partial charge in [-0.25, -0.2) is 0 Å². The summed E-state index contributed by atoms with van der Waals surface area (Å²) in [6.07, 6.45) is 2.09. The van der Waals surface area contributed by atoms with Crippen molar-refractivity contribution in [3.05, 3.63) is 17.5 Å². The monoisotopic (exact) mass is 293 g/mol. The number of amides is 2. The normalized spacial score (nSPS) is 14.9. The fraction of sp³-hybridized carbons (Fsp3) is 0.667. The zero-order valence-electron chi connectivity index (χ0n) is 13.0. The van der Waals surface area contributed by atoms with Crippen molar-refractivity contribution in [2.24, 2.45) is 5.92 Å². The van der Waals surface area contributed by atoms with Crippen LogP contribution in [-0.4, -0.2) is 52.9 Å². The first kappa shape index (κ1) is 15.5. The number of carbonyl (C=O) groups excluding carboxylic acids is 2. The lowest BCUT2D eigenvalue weighted by Crippen LogP contribution is -2.56. The second kappa shape index (κ2) is 6.74. The molecule has 1 saturated heterocycles. The zero-order valence-corrected chi connectivity index (χ0v) is 13.0. The molecule has 0 saturated carbocycles. The predicted octanol–water partition coefficient (Wildman–Crippen LogP) is 1.70. The van der Waals surface area contributed by atoms with Crippen LogP contribution in [0.4, 0.5) is 0 Å². The lowest BCUT2D eigenvalue weighted by atomic mass is 9.97. The summed E-state index contributed by atoms with van der Waals surface area (Å²) in [4.78, 5) is 28.0. The fourth-order valence-corrected chi connectivity index (χ4v) is 2.46. The van der Waals surface area contributed by atoms with Gasteiger partial charge in [0.05, 0.1) is 5.92 Å². The van der Waals surface area contributed by atoms with Crippen LogP contribution in [0.15, 0.2) is 10.6 Å². The van der Waals surface area contributed by atoms with E-state index in [1.165, 1.54) is 0 Å². The molecule has 2 rings (SSSR count). The molecule has 2 heterocycles. The van der Waals surface area contributed by atoms with Crippen LogP contribution in [0.1, 0.15) is 42.9 Å². The molecule has 0 bridgehead atoms. The van der Waals surface area contributed by atoms with Crippen LogP contribution in [0.5, 0.6) is 0 Å². The second-order valence-corrected chi connectivity index (χ2v) is 5.50. The first-order chi connectivity index (χ1) is 10.1. The molecule has 1 aliphatic rings. The Hall–Kier alpha value is -1.85. The molecule has 21 heavy (non-hydrogen) atoms. The van der Waals surface area contributed by atoms with Crippen LogP contribution in [0.2, 0.25) is 0 Å². The van der Waals surface area contributed by atoms with Crippen molar-refractivity contribution >= 4 is 11.8 Å². The van der Waals surface area contributed by atoms with Crippen LogP contribution in [0, 0.1) is 12.8 Å². The summed E-state index contributed by atoms with van der Waals surface area (Å²) in [5.41, 5.74) is 0.316. The van der Waals surface area contributed by atoms with E-state index in [1.54, 1.807) is 17.9 Å². The van der Waals surface area contributed by atoms with Crippen molar-refractivity contribution in [1.29, 1.82) is 0 Å². The Kier molecular flexibility index (Phi) is 4.98. The van der Waals surface area contributed by atoms with Gasteiger partial charge in [0.15, 0.2) is 5.69 Å². The largest absolute Gasteiger partial charge is 0.361 e. The summed E-state index contributed by atoms with van der Waals surface area (Å²) in [5.74, 6) is 0.542. The number of hydrogen-bond acceptors (Lipinski definition) is 4. The Morgan fingerprint density at radius 2 is 2.14 bits per heavy atom. The van der Waals surface area contributed by atoms with Gasteiger partial charge in [-0.05, 0) is 20.3 Å². The van der Waals surface area contributed by atoms with Gasteiger partial charge in [0.1, 0.15) is 5.76 Å². The molecular weight excluding hydrogens is 270 g/mol. The minimum atomic E-state index is -0.160. The highest BCUT2D eigenvalue weighted by Crippen LogP contribution is 2.21. The third-order valence-corrected chi connectivity index (χ3v) is 3.84. The summed E-state index contributed by atoms with van der Waals surface area (Å²) in [7, 11) is 0. The maximum absolute atomic E-state index is 12.3. The molecule has 1 aromatic heterocycles. The van der Waals surface area contributed by atoms with E-state index in [0.29, 0.717) is 24.5 Å². The topological polar surface area (TPSA) is 66.7 Å². The average molecular weight is 293 g/mol. The van der Waals surface area contributed by atoms with Crippen molar-refractivity contribution in [3.63, 3.8) is 0 Å². The van der Waals surface area contributed by atoms with E-state index < -0.39 is 0 Å². The van der Waals surface area contributed by atoms with Crippen molar-refractivity contribution < 1.29 is 14.1 Å². The number of aromatic nitrogens is 1. The molecule has 0 aromatic carbocycles. The quantitative estimate of drug-likeness (QED) is 0.800. The minimum Gasteiger partial charge on any atom is -0.361 e. The van der Waals surface area contributed by atoms with Gasteiger partial charge < -0.3 is 14.3 Å². The molecular formula is C15H23N3O3. The summed E-state index contributed by atoms with van der Waals surface area (Å²) < 4.78 is 4.91. The molecule has 0 aliphatic carbocycles. The van der Waals surface area contributed by atoms with E-state index >= 15 is 0 Å². The first-order valence-electron chi connectivity index (χ1n) is 7.58. The lowest BCUT2D eigenvalue weighted by molar-refractivity contribution is -0.139. The Bertz CT molecular complexity index is 506. The molecule has 116 valence electrons. The van der Waals surface area contributed by atoms with Gasteiger partial charge in [0, 0.05) is 32.2 Å². The number of aryl methyl sites for hydroxylation is 1. The summed E-state index contributed by atoms with van der Waals surface area (Å²) in [6, 6.07) is 1.62. The molecule has 0 atom stereocenters. The predicted molar refractivity (Wildman–Crippen MR) is 77.8 cm³/mol. The molecule has 0 radical (unpaired) electrons. The van der Waals surface area contributed by atoms with Gasteiger partial charge in [-0.15, -0.1) is 0 Å². The molecule has 0 spiro atoms. The Labute approximate surface area is 125 Å². The van der Waals surface area contributed by atoms with Gasteiger partial charge in [0.2, 0.25) is 5.91 Å². The number of nitrogens with zero attached hydrogens (tertiary/aromatic N) is 3. The van der Waals surface area contributed by atoms with Crippen LogP contribution in [-0.2, 0) is 4.79 Å². The summed E-state index contributed by atoms with van der Waals surface area (Å²) >= 11 is 0. The zero-order chi connectivity index (χ0) is 15.4. The Morgan fingerprint density at radius 3 is 2.67 bits per heavy atom. The fourth-order valence-electron chi connectivity index (χ4n) is 2.46. The van der Waals surface area contributed by atoms with Gasteiger partial charge in [-0.2, -0.15) is 0 Å². The minimum absolute atomic E-state index is 0.0706. The second-order valence-electron chi connectivity index (χ2n) is 5.50. The van der Waals surface area contributed by atoms with E-state index in [-0.39, 0.29) is 17.7 Å². The van der Waals surface area contributed by atoms with Gasteiger partial charge in [-0.3, -0.25) is 9.59 Å². The Morgan fingerprint density at radius 1 is 1.43 bits per heavy atom. The lowest BCUT2D eigenvalue weighted by Gasteiger charge is -2.40. The van der Waals surface area contributed by atoms with Gasteiger partial charge in [0.25, 0.3) is 5.91 Å². The standard InChI is InChI=1S/C15H23N3O3/c1-4-6-7-17(5-2)14(19)12-9-18(10-12)15(20)13-8-11(3)21-16-13/h8,12H,4-7,9-10H2,1-3H3. The molecule has 0 unspecified atom stereocenters. The number of rotatable bonds is 6. The van der Waals surface area contributed by atoms with E-state index in [2.05, 4.69) is 12.1 Å². The van der Waals surface area contributed by atoms with Crippen molar-refractivity contribution in [2.75, 3.05) is 26.2 Å². The molecule has 6 heteroatoms. The van der Waals surface area contributed by atoms with Crippen LogP contribution >= 0.6 is 0 Å². The highest BCUT2D eigenvalue weighted by molar-refractivity contribution is 5.94. The summed E-state index contributed by atoms with van der Waals surface area (Å²) in [6.45, 7) is 8.34. The summed E-state index contributed by atoms with van der Waals surface area (Å²) in [5, 5.41) is 3.72. The van der Waals surface area contributed by atoms with Crippen molar-refractivity contribution in [3.8, 4) is 0 Å². The average Bonchev–Trinajstić information content (AvgIpc) is 2.84. The molecule has 2 amide bonds. The molecule has 1 aromatic rings. The number of carbonyl (C=O) groups is 2. The van der Waals surface area contributed by atoms with Crippen molar-refractivity contribution in [1.82, 2.24) is 15.0 Å². The number of unbranched alkanes of at least 4 members (excludes halogenated alkanes) is 1. The van der Waals surface area contributed by atoms with E-state index in [0.717, 1.165) is 25.9 Å². The highest BCUT2D eigenvalue weighted by atomic mass is 16.5. The molecule has 1 fully saturated rings. The smallest absolute Gasteiger partial charge is 0.276 e. The van der Waals surface area contributed by atoms with Gasteiger partial charge in [-0.1, -0.05) is 18.5 Å². The van der Waals surface area contributed by atoms with E-state index in [9.17, 15) is 9.59 Å². The van der Waals surface area contributed by atoms with Crippen molar-refractivity contribution in [2.45, 2.75) is 33.6 Å². The van der Waals surface area contributed by atoms with Crippen LogP contribution in [0.3, 0.4) is 0 Å². The highest BCUT2D eigenvalue weighted by Gasteiger charge is 2.38. The van der Waals surface area contributed by atoms with Crippen LogP contribution in [0.25, 0.3) is 0 Å². The molecule has 0 N–H and O–H groups in total. The van der Waals surface area contributed by atoms with Gasteiger partial charge >= 0.3 is 0 Å². The Balaban J connectivity index is 1.85. The molecule has 1 aliphatic heterocycles. The third kappa shape index (κ3) is 3.43. The number of likely N-dealkylation sites (tertiary alicyclic amines) is 1. The SMILES string of the molecule is CCCCN(CC)C(=O)C1CN(C(=O)c2cc(C)on2)C1. The van der Waals surface area contributed by atoms with Crippen LogP contribution < -0.4 is 0 Å². The third-order valence-electron chi connectivity index (χ3n) is 3.84. The maximum atomic E-state index is 12.3. The first-order valence-corrected chi connectivity index (χ1v) is 7.58. The molecule has 6 nitrogen and oxygen atoms in total. The number of hydrogen-bond donors (Lipinski definition) is 0. The van der Waals surface area contributed by atoms with E-state index in [4.69, 9.17) is 4.52 Å². The van der Waals surface area contributed by atoms with E-state index in [1.807, 2.05) is 11.8 Å². The maximum Gasteiger partial charge on any atom is 0.276 e.